The zero-order chi connectivity index (χ0) is 10.3. The molecule has 0 saturated heterocycles. The molecule has 1 aromatic heterocycles. The lowest BCUT2D eigenvalue weighted by Gasteiger charge is -2.01. The van der Waals surface area contributed by atoms with E-state index in [-0.39, 0.29) is 0 Å². The van der Waals surface area contributed by atoms with Gasteiger partial charge in [-0.1, -0.05) is 17.7 Å². The van der Waals surface area contributed by atoms with Gasteiger partial charge in [-0.05, 0) is 23.6 Å². The molecular formula is C9H9BClNO2. The summed E-state index contributed by atoms with van der Waals surface area (Å²) in [7, 11) is 0.319. The van der Waals surface area contributed by atoms with Gasteiger partial charge in [0, 0.05) is 23.2 Å². The van der Waals surface area contributed by atoms with Crippen LogP contribution in [0.2, 0.25) is 5.02 Å². The first kappa shape index (κ1) is 9.58. The van der Waals surface area contributed by atoms with Gasteiger partial charge in [-0.15, -0.1) is 0 Å². The first-order valence-electron chi connectivity index (χ1n) is 4.20. The van der Waals surface area contributed by atoms with Crippen molar-refractivity contribution in [2.45, 2.75) is 0 Å². The number of fused-ring (bicyclic) bond motifs is 1. The molecule has 0 aliphatic heterocycles. The maximum atomic E-state index is 9.08. The van der Waals surface area contributed by atoms with Crippen molar-refractivity contribution in [1.29, 1.82) is 0 Å². The number of halogens is 1. The summed E-state index contributed by atoms with van der Waals surface area (Å²) >= 11 is 5.84. The number of aryl methyl sites for hydroxylation is 1. The van der Waals surface area contributed by atoms with Gasteiger partial charge in [0.05, 0.1) is 0 Å². The third kappa shape index (κ3) is 1.41. The van der Waals surface area contributed by atoms with Gasteiger partial charge in [-0.25, -0.2) is 0 Å². The van der Waals surface area contributed by atoms with Crippen LogP contribution in [0.3, 0.4) is 0 Å². The highest BCUT2D eigenvalue weighted by Crippen LogP contribution is 2.18. The molecule has 14 heavy (non-hydrogen) atoms. The fourth-order valence-corrected chi connectivity index (χ4v) is 1.74. The van der Waals surface area contributed by atoms with Gasteiger partial charge in [0.25, 0.3) is 0 Å². The Bertz CT molecular complexity index is 481. The number of nitrogens with zero attached hydrogens (tertiary/aromatic N) is 1. The molecule has 0 amide bonds. The minimum Gasteiger partial charge on any atom is -0.422 e. The molecule has 2 aromatic rings. The van der Waals surface area contributed by atoms with Crippen LogP contribution in [0, 0.1) is 0 Å². The molecule has 3 nitrogen and oxygen atoms in total. The van der Waals surface area contributed by atoms with E-state index in [9.17, 15) is 0 Å². The summed E-state index contributed by atoms with van der Waals surface area (Å²) in [4.78, 5) is 0. The second kappa shape index (κ2) is 3.31. The summed E-state index contributed by atoms with van der Waals surface area (Å²) in [5, 5.41) is 19.7. The maximum absolute atomic E-state index is 9.08. The topological polar surface area (TPSA) is 45.4 Å². The van der Waals surface area contributed by atoms with E-state index in [1.807, 2.05) is 6.07 Å². The Kier molecular flexibility index (Phi) is 2.27. The van der Waals surface area contributed by atoms with Gasteiger partial charge >= 0.3 is 7.12 Å². The molecule has 0 unspecified atom stereocenters. The first-order chi connectivity index (χ1) is 6.59. The fourth-order valence-electron chi connectivity index (χ4n) is 1.57. The van der Waals surface area contributed by atoms with E-state index >= 15 is 0 Å². The second-order valence-corrected chi connectivity index (χ2v) is 3.64. The highest BCUT2D eigenvalue weighted by atomic mass is 35.5. The molecule has 1 heterocycles. The number of benzene rings is 1. The molecule has 0 fully saturated rings. The molecule has 2 N–H and O–H groups in total. The van der Waals surface area contributed by atoms with E-state index < -0.39 is 7.12 Å². The van der Waals surface area contributed by atoms with Crippen molar-refractivity contribution in [1.82, 2.24) is 4.57 Å². The molecule has 0 aliphatic rings. The van der Waals surface area contributed by atoms with Crippen LogP contribution in [0.4, 0.5) is 0 Å². The van der Waals surface area contributed by atoms with Crippen LogP contribution in [0.25, 0.3) is 10.9 Å². The third-order valence-corrected chi connectivity index (χ3v) is 2.54. The Balaban J connectivity index is 2.74. The molecule has 0 radical (unpaired) electrons. The Labute approximate surface area is 86.7 Å². The van der Waals surface area contributed by atoms with Crippen LogP contribution >= 0.6 is 11.6 Å². The molecule has 0 saturated carbocycles. The van der Waals surface area contributed by atoms with E-state index in [1.54, 1.807) is 29.8 Å². The van der Waals surface area contributed by atoms with Crippen molar-refractivity contribution in [2.75, 3.05) is 0 Å². The van der Waals surface area contributed by atoms with E-state index in [1.165, 1.54) is 0 Å². The van der Waals surface area contributed by atoms with Crippen LogP contribution < -0.4 is 5.59 Å². The molecule has 5 heteroatoms. The van der Waals surface area contributed by atoms with E-state index in [0.29, 0.717) is 10.6 Å². The molecule has 0 aliphatic carbocycles. The lowest BCUT2D eigenvalue weighted by Crippen LogP contribution is -2.34. The standard InChI is InChI=1S/C9H9BClNO2/c1-12-8-5-7(11)3-2-6(8)4-9(12)10(13)14/h2-5,13-14H,1H3. The SMILES string of the molecule is Cn1c(B(O)O)cc2ccc(Cl)cc21. The lowest BCUT2D eigenvalue weighted by atomic mass is 9.86. The Hall–Kier alpha value is -0.965. The molecule has 2 rings (SSSR count). The summed E-state index contributed by atoms with van der Waals surface area (Å²) in [5.74, 6) is 0. The predicted octanol–water partition coefficient (Wildman–Crippen LogP) is 0.511. The largest absolute Gasteiger partial charge is 0.505 e. The monoisotopic (exact) mass is 209 g/mol. The second-order valence-electron chi connectivity index (χ2n) is 3.21. The lowest BCUT2D eigenvalue weighted by molar-refractivity contribution is 0.423. The van der Waals surface area contributed by atoms with Crippen LogP contribution in [-0.4, -0.2) is 21.7 Å². The highest BCUT2D eigenvalue weighted by Gasteiger charge is 2.17. The maximum Gasteiger partial charge on any atom is 0.505 e. The van der Waals surface area contributed by atoms with E-state index in [0.717, 1.165) is 10.9 Å². The highest BCUT2D eigenvalue weighted by molar-refractivity contribution is 6.58. The van der Waals surface area contributed by atoms with Crippen molar-refractivity contribution in [3.63, 3.8) is 0 Å². The van der Waals surface area contributed by atoms with Gasteiger partial charge in [0.15, 0.2) is 0 Å². The number of hydrogen-bond donors (Lipinski definition) is 2. The van der Waals surface area contributed by atoms with Gasteiger partial charge in [0.2, 0.25) is 0 Å². The zero-order valence-electron chi connectivity index (χ0n) is 7.61. The predicted molar refractivity (Wildman–Crippen MR) is 57.8 cm³/mol. The number of aromatic nitrogens is 1. The van der Waals surface area contributed by atoms with Crippen molar-refractivity contribution in [2.24, 2.45) is 7.05 Å². The molecule has 0 atom stereocenters. The third-order valence-electron chi connectivity index (χ3n) is 2.31. The molecular weight excluding hydrogens is 200 g/mol. The van der Waals surface area contributed by atoms with Crippen LogP contribution in [0.15, 0.2) is 24.3 Å². The zero-order valence-corrected chi connectivity index (χ0v) is 8.36. The van der Waals surface area contributed by atoms with Gasteiger partial charge < -0.3 is 14.6 Å². The minimum absolute atomic E-state index is 0.460. The smallest absolute Gasteiger partial charge is 0.422 e. The summed E-state index contributed by atoms with van der Waals surface area (Å²) in [6.07, 6.45) is 0. The normalized spacial score (nSPS) is 10.9. The number of hydrogen-bond acceptors (Lipinski definition) is 2. The number of rotatable bonds is 1. The molecule has 0 bridgehead atoms. The summed E-state index contributed by atoms with van der Waals surface area (Å²) in [6.45, 7) is 0. The Morgan fingerprint density at radius 2 is 2.00 bits per heavy atom. The minimum atomic E-state index is -1.45. The quantitative estimate of drug-likeness (QED) is 0.672. The summed E-state index contributed by atoms with van der Waals surface area (Å²) < 4.78 is 1.71. The molecule has 1 aromatic carbocycles. The van der Waals surface area contributed by atoms with Crippen molar-refractivity contribution >= 4 is 35.2 Å². The van der Waals surface area contributed by atoms with E-state index in [2.05, 4.69) is 0 Å². The average Bonchev–Trinajstić information content (AvgIpc) is 2.44. The van der Waals surface area contributed by atoms with Crippen LogP contribution in [0.1, 0.15) is 0 Å². The summed E-state index contributed by atoms with van der Waals surface area (Å²) in [5.41, 5.74) is 1.35. The van der Waals surface area contributed by atoms with Crippen molar-refractivity contribution in [3.8, 4) is 0 Å². The molecule has 72 valence electrons. The van der Waals surface area contributed by atoms with E-state index in [4.69, 9.17) is 21.6 Å². The van der Waals surface area contributed by atoms with Gasteiger partial charge in [-0.2, -0.15) is 0 Å². The van der Waals surface area contributed by atoms with Crippen molar-refractivity contribution in [3.05, 3.63) is 29.3 Å². The van der Waals surface area contributed by atoms with Gasteiger partial charge in [-0.3, -0.25) is 0 Å². The van der Waals surface area contributed by atoms with Crippen LogP contribution in [-0.2, 0) is 7.05 Å². The fraction of sp³-hybridized carbons (Fsp3) is 0.111. The Morgan fingerprint density at radius 3 is 2.64 bits per heavy atom. The van der Waals surface area contributed by atoms with Crippen molar-refractivity contribution < 1.29 is 10.0 Å². The van der Waals surface area contributed by atoms with Crippen LogP contribution in [0.5, 0.6) is 0 Å². The van der Waals surface area contributed by atoms with Gasteiger partial charge in [0.1, 0.15) is 0 Å². The first-order valence-corrected chi connectivity index (χ1v) is 4.58. The molecule has 0 spiro atoms. The Morgan fingerprint density at radius 1 is 1.29 bits per heavy atom. The summed E-state index contributed by atoms with van der Waals surface area (Å²) in [6, 6.07) is 7.15. The average molecular weight is 209 g/mol.